The summed E-state index contributed by atoms with van der Waals surface area (Å²) in [7, 11) is 1.83. The predicted molar refractivity (Wildman–Crippen MR) is 62.1 cm³/mol. The Kier molecular flexibility index (Phi) is 2.72. The minimum absolute atomic E-state index is 0.0558. The van der Waals surface area contributed by atoms with Crippen LogP contribution in [0.15, 0.2) is 36.7 Å². The van der Waals surface area contributed by atoms with Gasteiger partial charge >= 0.3 is 0 Å². The van der Waals surface area contributed by atoms with Gasteiger partial charge in [-0.1, -0.05) is 12.1 Å². The molecule has 0 aliphatic carbocycles. The molecule has 82 valence electrons. The summed E-state index contributed by atoms with van der Waals surface area (Å²) < 4.78 is 1.68. The van der Waals surface area contributed by atoms with Crippen LogP contribution < -0.4 is 5.73 Å². The van der Waals surface area contributed by atoms with Gasteiger partial charge in [-0.2, -0.15) is 5.10 Å². The van der Waals surface area contributed by atoms with Crippen LogP contribution in [0.5, 0.6) is 0 Å². The number of aryl methyl sites for hydroxylation is 1. The van der Waals surface area contributed by atoms with Crippen molar-refractivity contribution in [1.29, 1.82) is 0 Å². The summed E-state index contributed by atoms with van der Waals surface area (Å²) in [6.07, 6.45) is 3.89. The number of anilines is 1. The molecule has 4 heteroatoms. The maximum absolute atomic E-state index is 11.9. The fraction of sp³-hybridized carbons (Fsp3) is 0.167. The topological polar surface area (TPSA) is 60.9 Å². The highest BCUT2D eigenvalue weighted by Gasteiger charge is 2.08. The van der Waals surface area contributed by atoms with Crippen LogP contribution in [-0.4, -0.2) is 15.6 Å². The Balaban J connectivity index is 2.14. The van der Waals surface area contributed by atoms with Crippen LogP contribution in [0.4, 0.5) is 5.69 Å². The van der Waals surface area contributed by atoms with Crippen LogP contribution in [-0.2, 0) is 13.5 Å². The van der Waals surface area contributed by atoms with Crippen molar-refractivity contribution in [2.45, 2.75) is 6.42 Å². The maximum Gasteiger partial charge on any atom is 0.167 e. The molecule has 0 amide bonds. The van der Waals surface area contributed by atoms with Crippen molar-refractivity contribution in [3.63, 3.8) is 0 Å². The number of rotatable bonds is 3. The predicted octanol–water partition coefficient (Wildman–Crippen LogP) is 1.43. The number of nitrogens with two attached hydrogens (primary N) is 1. The van der Waals surface area contributed by atoms with Crippen molar-refractivity contribution < 1.29 is 4.79 Å². The molecule has 0 aliphatic heterocycles. The molecule has 4 nitrogen and oxygen atoms in total. The molecule has 0 saturated carbocycles. The number of nitrogens with zero attached hydrogens (tertiary/aromatic N) is 2. The van der Waals surface area contributed by atoms with E-state index in [0.29, 0.717) is 17.7 Å². The lowest BCUT2D eigenvalue weighted by molar-refractivity contribution is 0.0993. The van der Waals surface area contributed by atoms with Gasteiger partial charge in [0.1, 0.15) is 0 Å². The Morgan fingerprint density at radius 1 is 1.50 bits per heavy atom. The minimum atomic E-state index is 0.0558. The lowest BCUT2D eigenvalue weighted by atomic mass is 10.1. The number of Topliss-reactive ketones (excluding diaryl/α,β-unsaturated/α-hetero) is 1. The highest BCUT2D eigenvalue weighted by Crippen LogP contribution is 2.10. The minimum Gasteiger partial charge on any atom is -0.399 e. The van der Waals surface area contributed by atoms with Crippen molar-refractivity contribution in [2.75, 3.05) is 5.73 Å². The fourth-order valence-electron chi connectivity index (χ4n) is 1.56. The van der Waals surface area contributed by atoms with Gasteiger partial charge in [0.15, 0.2) is 5.78 Å². The molecular formula is C12H13N3O. The molecule has 2 aromatic rings. The fourth-order valence-corrected chi connectivity index (χ4v) is 1.56. The molecule has 2 N–H and O–H groups in total. The zero-order valence-electron chi connectivity index (χ0n) is 9.05. The molecule has 2 rings (SSSR count). The van der Waals surface area contributed by atoms with Crippen LogP contribution in [0, 0.1) is 0 Å². The molecule has 0 unspecified atom stereocenters. The van der Waals surface area contributed by atoms with Gasteiger partial charge in [0.05, 0.1) is 6.20 Å². The molecular weight excluding hydrogens is 202 g/mol. The first kappa shape index (κ1) is 10.4. The number of ketones is 1. The van der Waals surface area contributed by atoms with Crippen molar-refractivity contribution in [1.82, 2.24) is 9.78 Å². The van der Waals surface area contributed by atoms with Crippen molar-refractivity contribution >= 4 is 11.5 Å². The molecule has 0 radical (unpaired) electrons. The molecule has 0 atom stereocenters. The number of benzene rings is 1. The average molecular weight is 215 g/mol. The Morgan fingerprint density at radius 2 is 2.31 bits per heavy atom. The van der Waals surface area contributed by atoms with E-state index in [2.05, 4.69) is 5.10 Å². The van der Waals surface area contributed by atoms with E-state index in [-0.39, 0.29) is 5.78 Å². The first-order valence-corrected chi connectivity index (χ1v) is 5.01. The highest BCUT2D eigenvalue weighted by atomic mass is 16.1. The summed E-state index contributed by atoms with van der Waals surface area (Å²) in [6.45, 7) is 0. The summed E-state index contributed by atoms with van der Waals surface area (Å²) in [6, 6.07) is 7.01. The first-order chi connectivity index (χ1) is 7.65. The van der Waals surface area contributed by atoms with E-state index in [9.17, 15) is 4.79 Å². The van der Waals surface area contributed by atoms with Gasteiger partial charge in [0.25, 0.3) is 0 Å². The lowest BCUT2D eigenvalue weighted by Crippen LogP contribution is -2.03. The molecule has 0 bridgehead atoms. The van der Waals surface area contributed by atoms with E-state index >= 15 is 0 Å². The van der Waals surface area contributed by atoms with Crippen LogP contribution in [0.1, 0.15) is 15.9 Å². The monoisotopic (exact) mass is 215 g/mol. The molecule has 0 saturated heterocycles. The normalized spacial score (nSPS) is 10.3. The van der Waals surface area contributed by atoms with E-state index in [1.807, 2.05) is 13.2 Å². The Labute approximate surface area is 93.7 Å². The van der Waals surface area contributed by atoms with E-state index in [1.165, 1.54) is 0 Å². The van der Waals surface area contributed by atoms with Crippen LogP contribution in [0.25, 0.3) is 0 Å². The number of nitrogen functional groups attached to an aromatic ring is 1. The third-order valence-electron chi connectivity index (χ3n) is 2.33. The maximum atomic E-state index is 11.9. The van der Waals surface area contributed by atoms with E-state index in [0.717, 1.165) is 5.56 Å². The SMILES string of the molecule is Cn1cc(CC(=O)c2cccc(N)c2)cn1. The average Bonchev–Trinajstić information content (AvgIpc) is 2.64. The third-order valence-corrected chi connectivity index (χ3v) is 2.33. The van der Waals surface area contributed by atoms with E-state index in [1.54, 1.807) is 35.1 Å². The van der Waals surface area contributed by atoms with Gasteiger partial charge in [0.2, 0.25) is 0 Å². The van der Waals surface area contributed by atoms with E-state index in [4.69, 9.17) is 5.73 Å². The molecule has 0 fully saturated rings. The Hall–Kier alpha value is -2.10. The number of hydrogen-bond acceptors (Lipinski definition) is 3. The zero-order chi connectivity index (χ0) is 11.5. The molecule has 0 spiro atoms. The largest absolute Gasteiger partial charge is 0.399 e. The van der Waals surface area contributed by atoms with Crippen molar-refractivity contribution in [3.05, 3.63) is 47.8 Å². The third kappa shape index (κ3) is 2.28. The summed E-state index contributed by atoms with van der Waals surface area (Å²) in [4.78, 5) is 11.9. The Bertz CT molecular complexity index is 516. The van der Waals surface area contributed by atoms with Gasteiger partial charge in [-0.15, -0.1) is 0 Å². The first-order valence-electron chi connectivity index (χ1n) is 5.01. The quantitative estimate of drug-likeness (QED) is 0.622. The Morgan fingerprint density at radius 3 is 2.94 bits per heavy atom. The molecule has 1 aromatic carbocycles. The second-order valence-corrected chi connectivity index (χ2v) is 3.75. The summed E-state index contributed by atoms with van der Waals surface area (Å²) >= 11 is 0. The summed E-state index contributed by atoms with van der Waals surface area (Å²) in [5.41, 5.74) is 7.79. The zero-order valence-corrected chi connectivity index (χ0v) is 9.05. The smallest absolute Gasteiger partial charge is 0.167 e. The van der Waals surface area contributed by atoms with Crippen LogP contribution >= 0.6 is 0 Å². The highest BCUT2D eigenvalue weighted by molar-refractivity contribution is 5.98. The van der Waals surface area contributed by atoms with Crippen molar-refractivity contribution in [2.24, 2.45) is 7.05 Å². The van der Waals surface area contributed by atoms with Gasteiger partial charge in [-0.25, -0.2) is 0 Å². The molecule has 16 heavy (non-hydrogen) atoms. The van der Waals surface area contributed by atoms with Gasteiger partial charge < -0.3 is 5.73 Å². The van der Waals surface area contributed by atoms with Gasteiger partial charge in [0, 0.05) is 30.9 Å². The van der Waals surface area contributed by atoms with E-state index < -0.39 is 0 Å². The summed E-state index contributed by atoms with van der Waals surface area (Å²) in [5.74, 6) is 0.0558. The van der Waals surface area contributed by atoms with Crippen molar-refractivity contribution in [3.8, 4) is 0 Å². The van der Waals surface area contributed by atoms with Crippen LogP contribution in [0.3, 0.4) is 0 Å². The molecule has 0 aliphatic rings. The standard InChI is InChI=1S/C12H13N3O/c1-15-8-9(7-14-15)5-12(16)10-3-2-4-11(13)6-10/h2-4,6-8H,5,13H2,1H3. The lowest BCUT2D eigenvalue weighted by Gasteiger charge is -2.00. The van der Waals surface area contributed by atoms with Gasteiger partial charge in [-0.05, 0) is 17.7 Å². The van der Waals surface area contributed by atoms with Gasteiger partial charge in [-0.3, -0.25) is 9.48 Å². The second kappa shape index (κ2) is 4.18. The number of aromatic nitrogens is 2. The van der Waals surface area contributed by atoms with Crippen LogP contribution in [0.2, 0.25) is 0 Å². The molecule has 1 aromatic heterocycles. The number of carbonyl (C=O) groups is 1. The number of carbonyl (C=O) groups excluding carboxylic acids is 1. The summed E-state index contributed by atoms with van der Waals surface area (Å²) in [5, 5.41) is 4.02. The number of hydrogen-bond donors (Lipinski definition) is 1. The molecule has 1 heterocycles. The second-order valence-electron chi connectivity index (χ2n) is 3.75.